The average molecular weight is 634 g/mol. The molecular weight excluding hydrogens is 591 g/mol. The number of benzene rings is 3. The van der Waals surface area contributed by atoms with Gasteiger partial charge in [-0.15, -0.1) is 0 Å². The van der Waals surface area contributed by atoms with Gasteiger partial charge in [0.25, 0.3) is 8.32 Å². The van der Waals surface area contributed by atoms with Crippen LogP contribution in [0.4, 0.5) is 0 Å². The third-order valence-electron chi connectivity index (χ3n) is 9.69. The van der Waals surface area contributed by atoms with Crippen LogP contribution in [0, 0.1) is 5.41 Å². The maximum atomic E-state index is 7.52. The highest BCUT2D eigenvalue weighted by molar-refractivity contribution is 6.99. The zero-order valence-corrected chi connectivity index (χ0v) is 28.5. The molecule has 8 heteroatoms. The smallest absolute Gasteiger partial charge is 0.261 e. The predicted octanol–water partition coefficient (Wildman–Crippen LogP) is 7.27. The van der Waals surface area contributed by atoms with Crippen molar-refractivity contribution in [3.8, 4) is 11.6 Å². The van der Waals surface area contributed by atoms with Gasteiger partial charge in [-0.25, -0.2) is 9.97 Å². The van der Waals surface area contributed by atoms with E-state index >= 15 is 0 Å². The van der Waals surface area contributed by atoms with Gasteiger partial charge in [-0.3, -0.25) is 0 Å². The van der Waals surface area contributed by atoms with Crippen LogP contribution >= 0.6 is 0 Å². The molecule has 0 radical (unpaired) electrons. The zero-order valence-electron chi connectivity index (χ0n) is 27.5. The molecule has 7 rings (SSSR count). The second kappa shape index (κ2) is 11.5. The van der Waals surface area contributed by atoms with Crippen molar-refractivity contribution in [3.05, 3.63) is 110 Å². The maximum absolute atomic E-state index is 7.52. The van der Waals surface area contributed by atoms with Crippen molar-refractivity contribution in [2.75, 3.05) is 6.61 Å². The molecule has 0 spiro atoms. The lowest BCUT2D eigenvalue weighted by molar-refractivity contribution is -0.170. The van der Waals surface area contributed by atoms with Crippen LogP contribution in [0.1, 0.15) is 54.0 Å². The van der Waals surface area contributed by atoms with E-state index < -0.39 is 14.1 Å². The van der Waals surface area contributed by atoms with Crippen molar-refractivity contribution >= 4 is 29.7 Å². The Labute approximate surface area is 272 Å². The molecule has 1 saturated carbocycles. The molecule has 3 heterocycles. The molecule has 1 aliphatic heterocycles. The first-order chi connectivity index (χ1) is 22.0. The Morgan fingerprint density at radius 3 is 2.04 bits per heavy atom. The quantitative estimate of drug-likeness (QED) is 0.168. The number of nitrogens with zero attached hydrogens (tertiary/aromatic N) is 3. The molecule has 2 aliphatic rings. The highest BCUT2D eigenvalue weighted by Gasteiger charge is 2.61. The van der Waals surface area contributed by atoms with Crippen LogP contribution in [-0.2, 0) is 13.9 Å². The molecule has 2 fully saturated rings. The molecule has 0 N–H and O–H groups in total. The van der Waals surface area contributed by atoms with Gasteiger partial charge in [0, 0.05) is 18.2 Å². The van der Waals surface area contributed by atoms with Crippen molar-refractivity contribution in [2.24, 2.45) is 5.41 Å². The molecule has 1 saturated heterocycles. The van der Waals surface area contributed by atoms with E-state index in [4.69, 9.17) is 23.6 Å². The number of hydrogen-bond donors (Lipinski definition) is 0. The fourth-order valence-corrected chi connectivity index (χ4v) is 12.4. The molecule has 0 unspecified atom stereocenters. The summed E-state index contributed by atoms with van der Waals surface area (Å²) in [7, 11) is -2.76. The maximum Gasteiger partial charge on any atom is 0.261 e. The second-order valence-electron chi connectivity index (χ2n) is 14.5. The molecule has 7 nitrogen and oxygen atoms in total. The minimum absolute atomic E-state index is 0.0171. The number of fused-ring (bicyclic) bond motifs is 2. The molecule has 0 bridgehead atoms. The van der Waals surface area contributed by atoms with Crippen LogP contribution in [0.2, 0.25) is 5.04 Å². The van der Waals surface area contributed by atoms with Crippen LogP contribution in [0.5, 0.6) is 11.6 Å². The summed E-state index contributed by atoms with van der Waals surface area (Å²) in [5.41, 5.74) is 0.485. The van der Waals surface area contributed by atoms with Crippen molar-refractivity contribution < 1.29 is 18.6 Å². The molecule has 46 heavy (non-hydrogen) atoms. The largest absolute Gasteiger partial charge is 0.438 e. The van der Waals surface area contributed by atoms with Gasteiger partial charge in [-0.1, -0.05) is 107 Å². The van der Waals surface area contributed by atoms with E-state index in [9.17, 15) is 0 Å². The van der Waals surface area contributed by atoms with Gasteiger partial charge in [-0.05, 0) is 53.9 Å². The van der Waals surface area contributed by atoms with E-state index in [1.54, 1.807) is 6.33 Å². The Morgan fingerprint density at radius 2 is 1.43 bits per heavy atom. The van der Waals surface area contributed by atoms with Crippen molar-refractivity contribution in [1.82, 2.24) is 14.5 Å². The van der Waals surface area contributed by atoms with Crippen molar-refractivity contribution in [1.29, 1.82) is 0 Å². The van der Waals surface area contributed by atoms with E-state index in [-0.39, 0.29) is 28.7 Å². The average Bonchev–Trinajstić information content (AvgIpc) is 3.69. The second-order valence-corrected chi connectivity index (χ2v) is 18.8. The van der Waals surface area contributed by atoms with Gasteiger partial charge >= 0.3 is 0 Å². The summed E-state index contributed by atoms with van der Waals surface area (Å²) in [6.07, 6.45) is 4.13. The zero-order chi connectivity index (χ0) is 32.2. The number of para-hydroxylation sites is 1. The SMILES string of the molecule is CC1(C)O[C@H]2[C@H](n3ccc4c(Oc5ccccc5)ncnc43)C[C@](C)(CO[Si](c3ccccc3)(c3ccccc3)C(C)(C)C)[C@H]2O1. The van der Waals surface area contributed by atoms with Crippen molar-refractivity contribution in [2.45, 2.75) is 77.0 Å². The summed E-state index contributed by atoms with van der Waals surface area (Å²) >= 11 is 0. The summed E-state index contributed by atoms with van der Waals surface area (Å²) in [4.78, 5) is 9.21. The third kappa shape index (κ3) is 5.27. The Hall–Kier alpha value is -3.82. The summed E-state index contributed by atoms with van der Waals surface area (Å²) in [6, 6.07) is 33.4. The third-order valence-corrected chi connectivity index (χ3v) is 14.7. The highest BCUT2D eigenvalue weighted by atomic mass is 28.4. The molecule has 4 atom stereocenters. The first-order valence-electron chi connectivity index (χ1n) is 16.2. The summed E-state index contributed by atoms with van der Waals surface area (Å²) in [5.74, 6) is 0.552. The molecule has 0 amide bonds. The lowest BCUT2D eigenvalue weighted by atomic mass is 9.87. The normalized spacial score (nSPS) is 24.3. The Kier molecular flexibility index (Phi) is 7.67. The number of aromatic nitrogens is 3. The van der Waals surface area contributed by atoms with Crippen LogP contribution in [0.15, 0.2) is 110 Å². The fraction of sp³-hybridized carbons (Fsp3) is 0.368. The molecule has 5 aromatic rings. The van der Waals surface area contributed by atoms with Gasteiger partial charge in [0.2, 0.25) is 5.88 Å². The number of rotatable bonds is 8. The topological polar surface area (TPSA) is 67.6 Å². The summed E-state index contributed by atoms with van der Waals surface area (Å²) < 4.78 is 29.4. The minimum atomic E-state index is -2.76. The van der Waals surface area contributed by atoms with Gasteiger partial charge in [0.1, 0.15) is 23.8 Å². The fourth-order valence-electron chi connectivity index (χ4n) is 7.65. The van der Waals surface area contributed by atoms with Gasteiger partial charge < -0.3 is 23.2 Å². The van der Waals surface area contributed by atoms with Gasteiger partial charge in [-0.2, -0.15) is 0 Å². The van der Waals surface area contributed by atoms with Gasteiger partial charge in [0.05, 0.1) is 17.5 Å². The minimum Gasteiger partial charge on any atom is -0.438 e. The Bertz CT molecular complexity index is 1770. The monoisotopic (exact) mass is 633 g/mol. The van der Waals surface area contributed by atoms with Gasteiger partial charge in [0.15, 0.2) is 5.79 Å². The van der Waals surface area contributed by atoms with Crippen molar-refractivity contribution in [3.63, 3.8) is 0 Å². The highest BCUT2D eigenvalue weighted by Crippen LogP contribution is 2.54. The Morgan fingerprint density at radius 1 is 0.826 bits per heavy atom. The summed E-state index contributed by atoms with van der Waals surface area (Å²) in [5, 5.41) is 3.27. The van der Waals surface area contributed by atoms with E-state index in [0.29, 0.717) is 12.5 Å². The molecule has 1 aliphatic carbocycles. The van der Waals surface area contributed by atoms with Crippen LogP contribution in [0.25, 0.3) is 11.0 Å². The first kappa shape index (κ1) is 30.8. The summed E-state index contributed by atoms with van der Waals surface area (Å²) in [6.45, 7) is 13.8. The molecule has 2 aromatic heterocycles. The number of hydrogen-bond acceptors (Lipinski definition) is 6. The molecule has 238 valence electrons. The van der Waals surface area contributed by atoms with Crippen LogP contribution in [0.3, 0.4) is 0 Å². The standard InChI is InChI=1S/C38H43N3O4Si/c1-36(2,3)46(28-18-12-8-13-19-28,29-20-14-9-15-21-29)42-25-38(6)24-31(32-33(38)45-37(4,5)44-32)41-23-22-30-34(41)39-26-40-35(30)43-27-16-10-7-11-17-27/h7-23,26,31-33H,24-25H2,1-6H3/t31-,32+,33+,38-/m1/s1. The molecular formula is C38H43N3O4Si. The van der Waals surface area contributed by atoms with E-state index in [2.05, 4.69) is 104 Å². The van der Waals surface area contributed by atoms with E-state index in [1.165, 1.54) is 10.4 Å². The number of ether oxygens (including phenoxy) is 3. The van der Waals surface area contributed by atoms with E-state index in [0.717, 1.165) is 23.2 Å². The predicted molar refractivity (Wildman–Crippen MR) is 183 cm³/mol. The molecule has 3 aromatic carbocycles. The Balaban J connectivity index is 1.26. The lowest BCUT2D eigenvalue weighted by Crippen LogP contribution is -2.67. The lowest BCUT2D eigenvalue weighted by Gasteiger charge is -2.45. The first-order valence-corrected chi connectivity index (χ1v) is 18.1. The van der Waals surface area contributed by atoms with E-state index in [1.807, 2.05) is 50.2 Å². The van der Waals surface area contributed by atoms with Crippen LogP contribution in [-0.4, -0.2) is 47.5 Å². The van der Waals surface area contributed by atoms with Crippen LogP contribution < -0.4 is 15.1 Å².